The number of hydrogen-bond donors (Lipinski definition) is 2. The van der Waals surface area contributed by atoms with Crippen LogP contribution >= 0.6 is 11.6 Å². The zero-order valence-electron chi connectivity index (χ0n) is 17.1. The van der Waals surface area contributed by atoms with Crippen LogP contribution in [0.5, 0.6) is 0 Å². The molecule has 1 fully saturated rings. The fraction of sp³-hybridized carbons (Fsp3) is 0.348. The first kappa shape index (κ1) is 22.6. The molecule has 2 aromatic carbocycles. The Hall–Kier alpha value is -3.08. The van der Waals surface area contributed by atoms with Gasteiger partial charge in [-0.25, -0.2) is 4.79 Å². The summed E-state index contributed by atoms with van der Waals surface area (Å²) in [6.45, 7) is 1.88. The molecule has 2 atom stereocenters. The van der Waals surface area contributed by atoms with E-state index in [0.717, 1.165) is 11.1 Å². The molecule has 8 heteroatoms. The van der Waals surface area contributed by atoms with E-state index in [1.54, 1.807) is 11.0 Å². The van der Waals surface area contributed by atoms with E-state index in [2.05, 4.69) is 16.7 Å². The number of morpholine rings is 1. The lowest BCUT2D eigenvalue weighted by Crippen LogP contribution is -2.55. The lowest BCUT2D eigenvalue weighted by atomic mass is 10.0. The minimum atomic E-state index is -0.820. The number of urea groups is 1. The number of rotatable bonds is 7. The third kappa shape index (κ3) is 6.71. The zero-order chi connectivity index (χ0) is 22.1. The lowest BCUT2D eigenvalue weighted by molar-refractivity contribution is -0.123. The molecule has 0 radical (unpaired) electrons. The number of hydrogen-bond acceptors (Lipinski definition) is 4. The minimum absolute atomic E-state index is 0.275. The van der Waals surface area contributed by atoms with E-state index in [1.165, 1.54) is 0 Å². The molecule has 0 aromatic heterocycles. The largest absolute Gasteiger partial charge is 0.378 e. The van der Waals surface area contributed by atoms with Crippen LogP contribution in [0.2, 0.25) is 5.02 Å². The maximum atomic E-state index is 13.1. The maximum absolute atomic E-state index is 13.1. The molecule has 162 valence electrons. The molecule has 0 spiro atoms. The number of nitrogens with one attached hydrogen (secondary N) is 2. The summed E-state index contributed by atoms with van der Waals surface area (Å²) in [5, 5.41) is 15.7. The van der Waals surface area contributed by atoms with Gasteiger partial charge in [-0.05, 0) is 17.2 Å². The van der Waals surface area contributed by atoms with Crippen LogP contribution in [-0.2, 0) is 22.4 Å². The van der Waals surface area contributed by atoms with Gasteiger partial charge in [-0.2, -0.15) is 5.26 Å². The van der Waals surface area contributed by atoms with Crippen LogP contribution in [0.3, 0.4) is 0 Å². The van der Waals surface area contributed by atoms with E-state index in [0.29, 0.717) is 37.7 Å². The highest BCUT2D eigenvalue weighted by Gasteiger charge is 2.27. The van der Waals surface area contributed by atoms with E-state index in [-0.39, 0.29) is 12.5 Å². The average Bonchev–Trinajstić information content (AvgIpc) is 2.80. The number of nitrogens with zero attached hydrogens (tertiary/aromatic N) is 2. The van der Waals surface area contributed by atoms with Gasteiger partial charge in [0.05, 0.1) is 19.3 Å². The normalized spacial score (nSPS) is 15.4. The van der Waals surface area contributed by atoms with Crippen molar-refractivity contribution < 1.29 is 14.3 Å². The lowest BCUT2D eigenvalue weighted by Gasteiger charge is -2.29. The first-order valence-corrected chi connectivity index (χ1v) is 10.5. The van der Waals surface area contributed by atoms with Gasteiger partial charge in [0.1, 0.15) is 12.1 Å². The molecule has 3 rings (SSSR count). The van der Waals surface area contributed by atoms with E-state index in [4.69, 9.17) is 16.3 Å². The molecule has 1 heterocycles. The van der Waals surface area contributed by atoms with Crippen LogP contribution in [0.4, 0.5) is 4.79 Å². The molecular formula is C23H25ClN4O3. The first-order chi connectivity index (χ1) is 15.1. The quantitative estimate of drug-likeness (QED) is 0.691. The van der Waals surface area contributed by atoms with Crippen LogP contribution in [0.15, 0.2) is 54.6 Å². The highest BCUT2D eigenvalue weighted by molar-refractivity contribution is 6.31. The SMILES string of the molecule is N#C[C@H](Cc1ccccc1Cl)NC(=O)[C@H](Cc1ccccc1)NC(=O)N1CCOCC1. The summed E-state index contributed by atoms with van der Waals surface area (Å²) in [6.07, 6.45) is 0.588. The van der Waals surface area contributed by atoms with Gasteiger partial charge < -0.3 is 20.3 Å². The second-order valence-electron chi connectivity index (χ2n) is 7.28. The predicted octanol–water partition coefficient (Wildman–Crippen LogP) is 2.54. The monoisotopic (exact) mass is 440 g/mol. The number of amides is 3. The first-order valence-electron chi connectivity index (χ1n) is 10.2. The average molecular weight is 441 g/mol. The maximum Gasteiger partial charge on any atom is 0.318 e. The third-order valence-electron chi connectivity index (χ3n) is 5.05. The van der Waals surface area contributed by atoms with Crippen LogP contribution < -0.4 is 10.6 Å². The van der Waals surface area contributed by atoms with Crippen LogP contribution in [-0.4, -0.2) is 55.2 Å². The zero-order valence-corrected chi connectivity index (χ0v) is 17.8. The van der Waals surface area contributed by atoms with Crippen molar-refractivity contribution in [2.24, 2.45) is 0 Å². The minimum Gasteiger partial charge on any atom is -0.378 e. The van der Waals surface area contributed by atoms with Crippen LogP contribution in [0, 0.1) is 11.3 Å². The van der Waals surface area contributed by atoms with Crippen LogP contribution in [0.1, 0.15) is 11.1 Å². The van der Waals surface area contributed by atoms with Gasteiger partial charge in [0.2, 0.25) is 5.91 Å². The second-order valence-corrected chi connectivity index (χ2v) is 7.68. The highest BCUT2D eigenvalue weighted by atomic mass is 35.5. The van der Waals surface area contributed by atoms with E-state index < -0.39 is 18.0 Å². The van der Waals surface area contributed by atoms with Crippen molar-refractivity contribution in [3.8, 4) is 6.07 Å². The van der Waals surface area contributed by atoms with E-state index in [9.17, 15) is 14.9 Å². The van der Waals surface area contributed by atoms with Gasteiger partial charge in [0.25, 0.3) is 0 Å². The fourth-order valence-electron chi connectivity index (χ4n) is 3.35. The standard InChI is InChI=1S/C23H25ClN4O3/c24-20-9-5-4-8-18(20)15-19(16-25)26-22(29)21(14-17-6-2-1-3-7-17)27-23(30)28-10-12-31-13-11-28/h1-9,19,21H,10-15H2,(H,26,29)(H,27,30)/t19-,21-/m0/s1. The molecule has 0 aliphatic carbocycles. The van der Waals surface area contributed by atoms with Gasteiger partial charge in [0.15, 0.2) is 0 Å². The molecule has 31 heavy (non-hydrogen) atoms. The smallest absolute Gasteiger partial charge is 0.318 e. The Morgan fingerprint density at radius 3 is 2.39 bits per heavy atom. The summed E-state index contributed by atoms with van der Waals surface area (Å²) in [6, 6.07) is 16.8. The molecule has 2 aromatic rings. The van der Waals surface area contributed by atoms with E-state index in [1.807, 2.05) is 48.5 Å². The summed E-state index contributed by atoms with van der Waals surface area (Å²) >= 11 is 6.19. The molecule has 1 aliphatic rings. The summed E-state index contributed by atoms with van der Waals surface area (Å²) in [5.74, 6) is -0.413. The van der Waals surface area contributed by atoms with E-state index >= 15 is 0 Å². The molecule has 0 unspecified atom stereocenters. The van der Waals surface area contributed by atoms with Gasteiger partial charge in [-0.1, -0.05) is 60.1 Å². The summed E-state index contributed by atoms with van der Waals surface area (Å²) in [5.41, 5.74) is 1.68. The number of benzene rings is 2. The van der Waals surface area contributed by atoms with Crippen molar-refractivity contribution in [3.63, 3.8) is 0 Å². The summed E-state index contributed by atoms with van der Waals surface area (Å²) < 4.78 is 5.28. The third-order valence-corrected chi connectivity index (χ3v) is 5.42. The topological polar surface area (TPSA) is 94.5 Å². The molecule has 1 saturated heterocycles. The number of ether oxygens (including phenoxy) is 1. The molecule has 3 amide bonds. The number of nitriles is 1. The number of carbonyl (C=O) groups excluding carboxylic acids is 2. The molecule has 2 N–H and O–H groups in total. The van der Waals surface area contributed by atoms with Gasteiger partial charge in [-0.3, -0.25) is 4.79 Å². The van der Waals surface area contributed by atoms with Crippen molar-refractivity contribution in [1.29, 1.82) is 5.26 Å². The number of halogens is 1. The Kier molecular flexibility index (Phi) is 8.27. The Labute approximate surface area is 186 Å². The van der Waals surface area contributed by atoms with Crippen molar-refractivity contribution in [3.05, 3.63) is 70.7 Å². The van der Waals surface area contributed by atoms with Crippen molar-refractivity contribution in [2.45, 2.75) is 24.9 Å². The Balaban J connectivity index is 1.70. The number of carbonyl (C=O) groups is 2. The fourth-order valence-corrected chi connectivity index (χ4v) is 3.56. The summed E-state index contributed by atoms with van der Waals surface area (Å²) in [4.78, 5) is 27.4. The molecule has 1 aliphatic heterocycles. The predicted molar refractivity (Wildman–Crippen MR) is 118 cm³/mol. The Morgan fingerprint density at radius 1 is 1.03 bits per heavy atom. The van der Waals surface area contributed by atoms with Crippen molar-refractivity contribution in [2.75, 3.05) is 26.3 Å². The molecule has 0 bridgehead atoms. The van der Waals surface area contributed by atoms with Crippen molar-refractivity contribution >= 4 is 23.5 Å². The van der Waals surface area contributed by atoms with Crippen molar-refractivity contribution in [1.82, 2.24) is 15.5 Å². The summed E-state index contributed by atoms with van der Waals surface area (Å²) in [7, 11) is 0. The highest BCUT2D eigenvalue weighted by Crippen LogP contribution is 2.16. The van der Waals surface area contributed by atoms with Gasteiger partial charge >= 0.3 is 6.03 Å². The molecule has 0 saturated carbocycles. The van der Waals surface area contributed by atoms with Crippen LogP contribution in [0.25, 0.3) is 0 Å². The molecular weight excluding hydrogens is 416 g/mol. The molecule has 7 nitrogen and oxygen atoms in total. The van der Waals surface area contributed by atoms with Gasteiger partial charge in [-0.15, -0.1) is 0 Å². The second kappa shape index (κ2) is 11.3. The Bertz CT molecular complexity index is 926. The Morgan fingerprint density at radius 2 is 1.71 bits per heavy atom. The van der Waals surface area contributed by atoms with Gasteiger partial charge in [0, 0.05) is 31.0 Å².